The van der Waals surface area contributed by atoms with Crippen LogP contribution in [0.1, 0.15) is 46.6 Å². The molecular weight excluding hydrogens is 326 g/mol. The van der Waals surface area contributed by atoms with E-state index in [-0.39, 0.29) is 17.4 Å². The topological polar surface area (TPSA) is 38.8 Å². The lowest BCUT2D eigenvalue weighted by Gasteiger charge is -2.39. The highest BCUT2D eigenvalue weighted by atomic mass is 16.7. The number of ether oxygens (including phenoxy) is 2. The maximum atomic E-state index is 13.0. The van der Waals surface area contributed by atoms with Crippen LogP contribution in [0.15, 0.2) is 53.8 Å². The number of rotatable bonds is 5. The summed E-state index contributed by atoms with van der Waals surface area (Å²) in [5.41, 5.74) is 1.78. The minimum absolute atomic E-state index is 0.0880. The van der Waals surface area contributed by atoms with Crippen molar-refractivity contribution in [3.63, 3.8) is 0 Å². The second-order valence-electron chi connectivity index (χ2n) is 8.53. The van der Waals surface area contributed by atoms with Gasteiger partial charge in [-0.2, -0.15) is 0 Å². The summed E-state index contributed by atoms with van der Waals surface area (Å²) < 4.78 is 11.7. The van der Waals surface area contributed by atoms with Crippen LogP contribution < -0.4 is 0 Å². The Bertz CT molecular complexity index is 726. The van der Waals surface area contributed by atoms with Crippen molar-refractivity contribution in [1.29, 1.82) is 0 Å². The number of fused-ring (bicyclic) bond motifs is 2. The van der Waals surface area contributed by atoms with Crippen LogP contribution >= 0.6 is 0 Å². The summed E-state index contributed by atoms with van der Waals surface area (Å²) in [5.74, 6) is 0.303. The Morgan fingerprint density at radius 1 is 1.23 bits per heavy atom. The minimum atomic E-state index is -0.634. The van der Waals surface area contributed by atoms with E-state index in [0.29, 0.717) is 18.5 Å². The first-order chi connectivity index (χ1) is 12.1. The smallest absolute Gasteiger partial charge is 0.204 e. The van der Waals surface area contributed by atoms with Gasteiger partial charge in [-0.25, -0.2) is 0 Å². The first-order valence-corrected chi connectivity index (χ1v) is 9.24. The van der Waals surface area contributed by atoms with Crippen LogP contribution in [-0.2, 0) is 20.8 Å². The normalized spacial score (nSPS) is 21.7. The lowest BCUT2D eigenvalue weighted by Crippen LogP contribution is -2.44. The molecular formula is C22H29NO3. The molecule has 1 aromatic rings. The number of Topliss-reactive ketones (excluding diaryl/α,β-unsaturated/α-hetero) is 1. The van der Waals surface area contributed by atoms with Crippen molar-refractivity contribution in [3.05, 3.63) is 59.4 Å². The van der Waals surface area contributed by atoms with Gasteiger partial charge in [0.25, 0.3) is 0 Å². The van der Waals surface area contributed by atoms with E-state index >= 15 is 0 Å². The van der Waals surface area contributed by atoms with Gasteiger partial charge in [0.2, 0.25) is 5.79 Å². The molecule has 1 aliphatic carbocycles. The summed E-state index contributed by atoms with van der Waals surface area (Å²) in [6.45, 7) is 11.3. The zero-order chi connectivity index (χ0) is 18.9. The molecule has 1 atom stereocenters. The van der Waals surface area contributed by atoms with Gasteiger partial charge >= 0.3 is 0 Å². The number of carbonyl (C=O) groups excluding carboxylic acids is 1. The summed E-state index contributed by atoms with van der Waals surface area (Å²) in [6.07, 6.45) is 4.44. The van der Waals surface area contributed by atoms with Gasteiger partial charge in [0.1, 0.15) is 5.76 Å². The Kier molecular flexibility index (Phi) is 5.09. The number of hydrogen-bond donors (Lipinski definition) is 0. The summed E-state index contributed by atoms with van der Waals surface area (Å²) in [5, 5.41) is 0. The number of hydrogen-bond acceptors (Lipinski definition) is 4. The maximum absolute atomic E-state index is 13.0. The lowest BCUT2D eigenvalue weighted by atomic mass is 9.96. The van der Waals surface area contributed by atoms with E-state index in [0.717, 1.165) is 12.3 Å². The molecule has 0 radical (unpaired) electrons. The van der Waals surface area contributed by atoms with Crippen molar-refractivity contribution in [2.75, 3.05) is 6.54 Å². The third-order valence-corrected chi connectivity index (χ3v) is 4.72. The van der Waals surface area contributed by atoms with E-state index in [2.05, 4.69) is 37.8 Å². The molecule has 140 valence electrons. The van der Waals surface area contributed by atoms with Gasteiger partial charge < -0.3 is 9.47 Å². The van der Waals surface area contributed by atoms with E-state index in [1.165, 1.54) is 5.56 Å². The molecule has 0 aromatic heterocycles. The molecule has 4 nitrogen and oxygen atoms in total. The van der Waals surface area contributed by atoms with Gasteiger partial charge in [-0.3, -0.25) is 9.69 Å². The van der Waals surface area contributed by atoms with E-state index in [1.807, 2.05) is 44.2 Å². The Labute approximate surface area is 156 Å². The van der Waals surface area contributed by atoms with Gasteiger partial charge in [0.05, 0.1) is 12.6 Å². The Morgan fingerprint density at radius 2 is 1.92 bits per heavy atom. The van der Waals surface area contributed by atoms with Crippen molar-refractivity contribution >= 4 is 5.78 Å². The second-order valence-corrected chi connectivity index (χ2v) is 8.53. The Hall–Kier alpha value is -1.91. The molecule has 0 saturated carbocycles. The zero-order valence-electron chi connectivity index (χ0n) is 16.4. The predicted octanol–water partition coefficient (Wildman–Crippen LogP) is 4.22. The number of ketones is 1. The molecule has 2 aliphatic rings. The number of benzene rings is 1. The molecule has 26 heavy (non-hydrogen) atoms. The average Bonchev–Trinajstić information content (AvgIpc) is 2.52. The van der Waals surface area contributed by atoms with E-state index in [4.69, 9.17) is 9.47 Å². The van der Waals surface area contributed by atoms with Crippen molar-refractivity contribution in [2.45, 2.75) is 65.0 Å². The fraction of sp³-hybridized carbons (Fsp3) is 0.500. The van der Waals surface area contributed by atoms with Crippen LogP contribution in [0.4, 0.5) is 0 Å². The zero-order valence-corrected chi connectivity index (χ0v) is 16.4. The largest absolute Gasteiger partial charge is 0.467 e. The van der Waals surface area contributed by atoms with Crippen LogP contribution in [0.3, 0.4) is 0 Å². The quantitative estimate of drug-likeness (QED) is 0.793. The summed E-state index contributed by atoms with van der Waals surface area (Å²) in [7, 11) is 0. The summed E-state index contributed by atoms with van der Waals surface area (Å²) in [4.78, 5) is 15.2. The molecule has 1 fully saturated rings. The molecule has 1 aromatic carbocycles. The first kappa shape index (κ1) is 18.9. The molecule has 0 spiro atoms. The van der Waals surface area contributed by atoms with Crippen molar-refractivity contribution in [1.82, 2.24) is 4.90 Å². The van der Waals surface area contributed by atoms with Crippen LogP contribution in [-0.4, -0.2) is 34.7 Å². The third-order valence-electron chi connectivity index (χ3n) is 4.72. The molecule has 1 heterocycles. The Balaban J connectivity index is 1.74. The first-order valence-electron chi connectivity index (χ1n) is 9.24. The molecule has 2 bridgehead atoms. The van der Waals surface area contributed by atoms with Crippen molar-refractivity contribution in [2.24, 2.45) is 0 Å². The van der Waals surface area contributed by atoms with Gasteiger partial charge in [0, 0.05) is 37.9 Å². The molecule has 1 aliphatic heterocycles. The summed E-state index contributed by atoms with van der Waals surface area (Å²) >= 11 is 0. The predicted molar refractivity (Wildman–Crippen MR) is 102 cm³/mol. The highest BCUT2D eigenvalue weighted by Crippen LogP contribution is 2.34. The number of nitrogens with zero attached hydrogens (tertiary/aromatic N) is 1. The van der Waals surface area contributed by atoms with Crippen LogP contribution in [0.5, 0.6) is 0 Å². The fourth-order valence-electron chi connectivity index (χ4n) is 3.36. The van der Waals surface area contributed by atoms with Gasteiger partial charge in [0.15, 0.2) is 5.78 Å². The third kappa shape index (κ3) is 4.63. The SMILES string of the molecule is CC1(C)OC2=CC(C(=O)CN(Cc3ccccc3)C(C)(C)C)=CC(C2)O1. The highest BCUT2D eigenvalue weighted by molar-refractivity contribution is 6.00. The highest BCUT2D eigenvalue weighted by Gasteiger charge is 2.35. The molecule has 0 N–H and O–H groups in total. The number of allylic oxidation sites excluding steroid dienone is 1. The van der Waals surface area contributed by atoms with Gasteiger partial charge in [-0.05, 0) is 38.5 Å². The number of carbonyl (C=O) groups is 1. The molecule has 3 rings (SSSR count). The van der Waals surface area contributed by atoms with Crippen molar-refractivity contribution < 1.29 is 14.3 Å². The van der Waals surface area contributed by atoms with Crippen LogP contribution in [0.2, 0.25) is 0 Å². The van der Waals surface area contributed by atoms with E-state index in [9.17, 15) is 4.79 Å². The standard InChI is InChI=1S/C22H29NO3/c1-21(2,3)23(14-16-9-7-6-8-10-16)15-20(24)17-11-18-13-19(12-17)26-22(4,5)25-18/h6-12,18H,13-15H2,1-5H3. The Morgan fingerprint density at radius 3 is 2.54 bits per heavy atom. The van der Waals surface area contributed by atoms with Crippen molar-refractivity contribution in [3.8, 4) is 0 Å². The fourth-order valence-corrected chi connectivity index (χ4v) is 3.36. The molecule has 0 amide bonds. The van der Waals surface area contributed by atoms with Crippen LogP contribution in [0.25, 0.3) is 0 Å². The van der Waals surface area contributed by atoms with Gasteiger partial charge in [-0.1, -0.05) is 30.3 Å². The molecule has 1 saturated heterocycles. The second kappa shape index (κ2) is 7.01. The van der Waals surface area contributed by atoms with E-state index in [1.54, 1.807) is 0 Å². The summed E-state index contributed by atoms with van der Waals surface area (Å²) in [6, 6.07) is 10.3. The molecule has 4 heteroatoms. The average molecular weight is 355 g/mol. The monoisotopic (exact) mass is 355 g/mol. The van der Waals surface area contributed by atoms with Gasteiger partial charge in [-0.15, -0.1) is 0 Å². The minimum Gasteiger partial charge on any atom is -0.467 e. The lowest BCUT2D eigenvalue weighted by molar-refractivity contribution is -0.237. The van der Waals surface area contributed by atoms with Crippen LogP contribution in [0, 0.1) is 0 Å². The maximum Gasteiger partial charge on any atom is 0.204 e. The molecule has 1 unspecified atom stereocenters. The van der Waals surface area contributed by atoms with E-state index < -0.39 is 5.79 Å².